The van der Waals surface area contributed by atoms with Crippen molar-refractivity contribution in [1.29, 1.82) is 0 Å². The first-order chi connectivity index (χ1) is 14.6. The summed E-state index contributed by atoms with van der Waals surface area (Å²) >= 11 is 0. The van der Waals surface area contributed by atoms with E-state index in [1.165, 1.54) is 11.8 Å². The molecule has 0 unspecified atom stereocenters. The van der Waals surface area contributed by atoms with E-state index in [2.05, 4.69) is 45.5 Å². The number of carbonyl (C=O) groups is 1. The number of aromatic amines is 1. The number of nitrogens with zero attached hydrogens (tertiary/aromatic N) is 3. The minimum absolute atomic E-state index is 0.118. The summed E-state index contributed by atoms with van der Waals surface area (Å²) in [6, 6.07) is 13.5. The number of aromatic nitrogens is 2. The van der Waals surface area contributed by atoms with Gasteiger partial charge in [0.05, 0.1) is 11.9 Å². The van der Waals surface area contributed by atoms with Crippen LogP contribution in [0.3, 0.4) is 0 Å². The fraction of sp³-hybridized carbons (Fsp3) is 0.261. The first-order valence-corrected chi connectivity index (χ1v) is 10.2. The van der Waals surface area contributed by atoms with Crippen LogP contribution in [0.15, 0.2) is 47.6 Å². The molecule has 1 aromatic heterocycles. The van der Waals surface area contributed by atoms with Crippen LogP contribution in [0.4, 0.5) is 5.69 Å². The van der Waals surface area contributed by atoms with Gasteiger partial charge in [-0.3, -0.25) is 9.89 Å². The van der Waals surface area contributed by atoms with Gasteiger partial charge in [-0.05, 0) is 44.4 Å². The van der Waals surface area contributed by atoms with Crippen molar-refractivity contribution in [2.75, 3.05) is 18.0 Å². The van der Waals surface area contributed by atoms with Gasteiger partial charge in [-0.1, -0.05) is 24.3 Å². The first kappa shape index (κ1) is 19.7. The van der Waals surface area contributed by atoms with E-state index in [0.717, 1.165) is 48.4 Å². The second-order valence-corrected chi connectivity index (χ2v) is 7.20. The Kier molecular flexibility index (Phi) is 5.52. The predicted molar refractivity (Wildman–Crippen MR) is 118 cm³/mol. The number of amides is 1. The molecule has 4 rings (SSSR count). The minimum atomic E-state index is -0.348. The average molecular weight is 403 g/mol. The van der Waals surface area contributed by atoms with Crippen LogP contribution in [-0.4, -0.2) is 40.5 Å². The zero-order valence-electron chi connectivity index (χ0n) is 17.1. The molecule has 30 heavy (non-hydrogen) atoms. The molecule has 1 heterocycles. The number of benzene rings is 2. The molecular weight excluding hydrogens is 378 g/mol. The van der Waals surface area contributed by atoms with Crippen LogP contribution in [0.2, 0.25) is 0 Å². The van der Waals surface area contributed by atoms with E-state index in [1.54, 1.807) is 12.1 Å². The number of H-pyrrole nitrogens is 1. The molecule has 0 atom stereocenters. The third-order valence-corrected chi connectivity index (χ3v) is 5.52. The van der Waals surface area contributed by atoms with E-state index in [1.807, 2.05) is 24.3 Å². The lowest BCUT2D eigenvalue weighted by atomic mass is 9.89. The molecule has 1 amide bonds. The van der Waals surface area contributed by atoms with E-state index < -0.39 is 0 Å². The van der Waals surface area contributed by atoms with Gasteiger partial charge in [-0.25, -0.2) is 5.43 Å². The Hall–Kier alpha value is -3.61. The number of phenolic OH excluding ortho intramolecular Hbond substituents is 1. The molecule has 0 spiro atoms. The molecule has 0 saturated heterocycles. The van der Waals surface area contributed by atoms with Crippen molar-refractivity contribution in [3.05, 3.63) is 64.8 Å². The third-order valence-electron chi connectivity index (χ3n) is 5.52. The van der Waals surface area contributed by atoms with Crippen LogP contribution in [0.25, 0.3) is 11.3 Å². The minimum Gasteiger partial charge on any atom is -0.507 e. The van der Waals surface area contributed by atoms with Crippen molar-refractivity contribution in [3.63, 3.8) is 0 Å². The van der Waals surface area contributed by atoms with Gasteiger partial charge < -0.3 is 10.0 Å². The van der Waals surface area contributed by atoms with Gasteiger partial charge in [0, 0.05) is 41.5 Å². The molecule has 154 valence electrons. The van der Waals surface area contributed by atoms with E-state index in [4.69, 9.17) is 0 Å². The molecule has 1 aliphatic rings. The number of hydrogen-bond acceptors (Lipinski definition) is 5. The van der Waals surface area contributed by atoms with Crippen LogP contribution < -0.4 is 10.3 Å². The van der Waals surface area contributed by atoms with Gasteiger partial charge in [0.25, 0.3) is 5.91 Å². The van der Waals surface area contributed by atoms with Crippen molar-refractivity contribution < 1.29 is 9.90 Å². The maximum Gasteiger partial charge on any atom is 0.289 e. The molecular formula is C23H25N5O2. The number of carbonyl (C=O) groups excluding carboxylic acids is 1. The number of phenols is 1. The highest BCUT2D eigenvalue weighted by Crippen LogP contribution is 2.33. The summed E-state index contributed by atoms with van der Waals surface area (Å²) in [4.78, 5) is 14.8. The van der Waals surface area contributed by atoms with E-state index in [0.29, 0.717) is 11.3 Å². The number of aromatic hydroxyl groups is 1. The van der Waals surface area contributed by atoms with Crippen LogP contribution in [-0.2, 0) is 12.8 Å². The summed E-state index contributed by atoms with van der Waals surface area (Å²) in [5.74, 6) is -0.230. The van der Waals surface area contributed by atoms with Gasteiger partial charge in [-0.15, -0.1) is 0 Å². The number of anilines is 1. The highest BCUT2D eigenvalue weighted by Gasteiger charge is 2.24. The van der Waals surface area contributed by atoms with Gasteiger partial charge >= 0.3 is 0 Å². The molecule has 0 saturated carbocycles. The number of rotatable bonds is 6. The molecule has 0 bridgehead atoms. The third kappa shape index (κ3) is 3.66. The fourth-order valence-corrected chi connectivity index (χ4v) is 3.89. The second-order valence-electron chi connectivity index (χ2n) is 7.20. The maximum absolute atomic E-state index is 12.6. The van der Waals surface area contributed by atoms with E-state index >= 15 is 0 Å². The number of hydrazone groups is 1. The Labute approximate surface area is 175 Å². The molecule has 0 aliphatic heterocycles. The summed E-state index contributed by atoms with van der Waals surface area (Å²) < 4.78 is 0. The SMILES string of the molecule is CCN(CC)c1ccc(C=NNC(=O)c2[nH]nc3c2CCc2ccccc2-3)c(O)c1. The monoisotopic (exact) mass is 403 g/mol. The quantitative estimate of drug-likeness (QED) is 0.434. The molecule has 3 N–H and O–H groups in total. The molecule has 1 aliphatic carbocycles. The molecule has 3 aromatic rings. The highest BCUT2D eigenvalue weighted by atomic mass is 16.3. The van der Waals surface area contributed by atoms with Crippen molar-refractivity contribution in [2.24, 2.45) is 5.10 Å². The van der Waals surface area contributed by atoms with Crippen molar-refractivity contribution in [3.8, 4) is 17.0 Å². The van der Waals surface area contributed by atoms with Crippen molar-refractivity contribution >= 4 is 17.8 Å². The molecule has 7 nitrogen and oxygen atoms in total. The predicted octanol–water partition coefficient (Wildman–Crippen LogP) is 3.49. The van der Waals surface area contributed by atoms with Crippen molar-refractivity contribution in [2.45, 2.75) is 26.7 Å². The van der Waals surface area contributed by atoms with E-state index in [-0.39, 0.29) is 11.7 Å². The van der Waals surface area contributed by atoms with Gasteiger partial charge in [-0.2, -0.15) is 10.2 Å². The molecule has 2 aromatic carbocycles. The number of aryl methyl sites for hydroxylation is 1. The summed E-state index contributed by atoms with van der Waals surface area (Å²) in [5.41, 5.74) is 8.49. The van der Waals surface area contributed by atoms with Crippen LogP contribution >= 0.6 is 0 Å². The number of hydrogen-bond donors (Lipinski definition) is 3. The van der Waals surface area contributed by atoms with Crippen molar-refractivity contribution in [1.82, 2.24) is 15.6 Å². The summed E-state index contributed by atoms with van der Waals surface area (Å²) in [6.07, 6.45) is 3.07. The number of nitrogens with one attached hydrogen (secondary N) is 2. The van der Waals surface area contributed by atoms with Crippen LogP contribution in [0, 0.1) is 0 Å². The highest BCUT2D eigenvalue weighted by molar-refractivity contribution is 5.96. The molecule has 0 radical (unpaired) electrons. The largest absolute Gasteiger partial charge is 0.507 e. The van der Waals surface area contributed by atoms with Crippen LogP contribution in [0.5, 0.6) is 5.75 Å². The topological polar surface area (TPSA) is 93.6 Å². The maximum atomic E-state index is 12.6. The number of fused-ring (bicyclic) bond motifs is 3. The lowest BCUT2D eigenvalue weighted by Crippen LogP contribution is -2.21. The Morgan fingerprint density at radius 3 is 2.80 bits per heavy atom. The Bertz CT molecular complexity index is 1100. The zero-order valence-corrected chi connectivity index (χ0v) is 17.1. The molecule has 0 fully saturated rings. The summed E-state index contributed by atoms with van der Waals surface area (Å²) in [7, 11) is 0. The normalized spacial score (nSPS) is 12.5. The second kappa shape index (κ2) is 8.41. The Morgan fingerprint density at radius 2 is 2.03 bits per heavy atom. The molecule has 7 heteroatoms. The fourth-order valence-electron chi connectivity index (χ4n) is 3.89. The standard InChI is InChI=1S/C23H25N5O2/c1-3-28(4-2)17-11-9-16(20(29)13-17)14-24-27-23(30)22-19-12-10-15-7-5-6-8-18(15)21(19)25-26-22/h5-9,11,13-14,29H,3-4,10,12H2,1-2H3,(H,25,26)(H,27,30). The Morgan fingerprint density at radius 1 is 1.23 bits per heavy atom. The van der Waals surface area contributed by atoms with Gasteiger partial charge in [0.2, 0.25) is 0 Å². The summed E-state index contributed by atoms with van der Waals surface area (Å²) in [5, 5.41) is 21.5. The van der Waals surface area contributed by atoms with E-state index in [9.17, 15) is 9.90 Å². The van der Waals surface area contributed by atoms with Gasteiger partial charge in [0.15, 0.2) is 0 Å². The van der Waals surface area contributed by atoms with Gasteiger partial charge in [0.1, 0.15) is 11.4 Å². The summed E-state index contributed by atoms with van der Waals surface area (Å²) in [6.45, 7) is 5.85. The Balaban J connectivity index is 1.48. The zero-order chi connectivity index (χ0) is 21.1. The average Bonchev–Trinajstić information content (AvgIpc) is 3.21. The smallest absolute Gasteiger partial charge is 0.289 e. The lowest BCUT2D eigenvalue weighted by Gasteiger charge is -2.21. The lowest BCUT2D eigenvalue weighted by molar-refractivity contribution is 0.0949. The first-order valence-electron chi connectivity index (χ1n) is 10.2. The van der Waals surface area contributed by atoms with Crippen LogP contribution in [0.1, 0.15) is 41.0 Å².